The van der Waals surface area contributed by atoms with Gasteiger partial charge < -0.3 is 4.74 Å². The number of para-hydroxylation sites is 1. The Morgan fingerprint density at radius 2 is 2.00 bits per heavy atom. The molecular formula is C19H17N3O3S. The Morgan fingerprint density at radius 3 is 2.77 bits per heavy atom. The van der Waals surface area contributed by atoms with Gasteiger partial charge in [0.25, 0.3) is 10.0 Å². The van der Waals surface area contributed by atoms with E-state index in [2.05, 4.69) is 9.71 Å². The maximum absolute atomic E-state index is 12.7. The van der Waals surface area contributed by atoms with Crippen LogP contribution in [0, 0.1) is 11.3 Å². The van der Waals surface area contributed by atoms with Crippen LogP contribution < -0.4 is 9.46 Å². The Labute approximate surface area is 152 Å². The number of rotatable bonds is 6. The summed E-state index contributed by atoms with van der Waals surface area (Å²) in [6, 6.07) is 15.1. The molecule has 1 aromatic heterocycles. The van der Waals surface area contributed by atoms with E-state index in [-0.39, 0.29) is 10.5 Å². The number of hydrogen-bond donors (Lipinski definition) is 1. The summed E-state index contributed by atoms with van der Waals surface area (Å²) in [5.41, 5.74) is 1.12. The molecule has 0 aliphatic carbocycles. The summed E-state index contributed by atoms with van der Waals surface area (Å²) in [5.74, 6) is 0.375. The topological polar surface area (TPSA) is 92.1 Å². The summed E-state index contributed by atoms with van der Waals surface area (Å²) < 4.78 is 33.5. The van der Waals surface area contributed by atoms with Gasteiger partial charge in [-0.2, -0.15) is 5.26 Å². The number of nitrogens with one attached hydrogen (secondary N) is 1. The summed E-state index contributed by atoms with van der Waals surface area (Å²) in [6.45, 7) is 2.41. The normalized spacial score (nSPS) is 11.1. The monoisotopic (exact) mass is 367 g/mol. The third-order valence-corrected chi connectivity index (χ3v) is 5.08. The van der Waals surface area contributed by atoms with Crippen LogP contribution in [-0.4, -0.2) is 20.0 Å². The maximum atomic E-state index is 12.7. The number of aromatic nitrogens is 1. The summed E-state index contributed by atoms with van der Waals surface area (Å²) in [5, 5.41) is 10.1. The molecular weight excluding hydrogens is 350 g/mol. The second kappa shape index (κ2) is 7.42. The lowest BCUT2D eigenvalue weighted by atomic mass is 10.2. The molecule has 0 aliphatic rings. The van der Waals surface area contributed by atoms with Gasteiger partial charge in [0.1, 0.15) is 11.8 Å². The molecule has 1 heterocycles. The van der Waals surface area contributed by atoms with Crippen molar-refractivity contribution in [3.05, 3.63) is 60.3 Å². The molecule has 132 valence electrons. The van der Waals surface area contributed by atoms with E-state index in [4.69, 9.17) is 4.74 Å². The first-order chi connectivity index (χ1) is 12.5. The Balaban J connectivity index is 1.96. The molecule has 0 atom stereocenters. The van der Waals surface area contributed by atoms with Crippen molar-refractivity contribution in [2.24, 2.45) is 0 Å². The number of pyridine rings is 1. The zero-order valence-electron chi connectivity index (χ0n) is 14.1. The summed E-state index contributed by atoms with van der Waals surface area (Å²) in [4.78, 5) is 4.23. The Hall–Kier alpha value is -3.11. The van der Waals surface area contributed by atoms with E-state index in [0.29, 0.717) is 23.6 Å². The number of sulfonamides is 1. The van der Waals surface area contributed by atoms with Crippen LogP contribution in [0.25, 0.3) is 10.9 Å². The molecule has 0 spiro atoms. The molecule has 0 radical (unpaired) electrons. The molecule has 0 fully saturated rings. The average molecular weight is 367 g/mol. The molecule has 3 aromatic rings. The maximum Gasteiger partial charge on any atom is 0.262 e. The van der Waals surface area contributed by atoms with Gasteiger partial charge in [0.05, 0.1) is 28.3 Å². The van der Waals surface area contributed by atoms with Crippen LogP contribution >= 0.6 is 0 Å². The standard InChI is InChI=1S/C19H17N3O3S/c1-2-11-25-18-9-8-16(12-15(18)13-20)26(23,24)22-17-7-3-5-14-6-4-10-21-19(14)17/h3-10,12,22H,2,11H2,1H3. The van der Waals surface area contributed by atoms with Crippen molar-refractivity contribution in [2.45, 2.75) is 18.2 Å². The lowest BCUT2D eigenvalue weighted by Crippen LogP contribution is -2.14. The van der Waals surface area contributed by atoms with Gasteiger partial charge in [0, 0.05) is 11.6 Å². The van der Waals surface area contributed by atoms with Crippen LogP contribution in [-0.2, 0) is 10.0 Å². The van der Waals surface area contributed by atoms with E-state index < -0.39 is 10.0 Å². The molecule has 0 amide bonds. The minimum atomic E-state index is -3.87. The Morgan fingerprint density at radius 1 is 1.19 bits per heavy atom. The number of nitriles is 1. The van der Waals surface area contributed by atoms with Gasteiger partial charge in [-0.3, -0.25) is 9.71 Å². The summed E-state index contributed by atoms with van der Waals surface area (Å²) in [6.07, 6.45) is 2.40. The van der Waals surface area contributed by atoms with Crippen molar-refractivity contribution in [3.63, 3.8) is 0 Å². The van der Waals surface area contributed by atoms with Gasteiger partial charge in [-0.15, -0.1) is 0 Å². The number of benzene rings is 2. The van der Waals surface area contributed by atoms with E-state index >= 15 is 0 Å². The van der Waals surface area contributed by atoms with Crippen LogP contribution in [0.3, 0.4) is 0 Å². The summed E-state index contributed by atoms with van der Waals surface area (Å²) >= 11 is 0. The van der Waals surface area contributed by atoms with Gasteiger partial charge in [-0.1, -0.05) is 25.1 Å². The van der Waals surface area contributed by atoms with Crippen molar-refractivity contribution in [1.29, 1.82) is 5.26 Å². The minimum absolute atomic E-state index is 0.00849. The molecule has 1 N–H and O–H groups in total. The van der Waals surface area contributed by atoms with E-state index in [1.807, 2.05) is 25.1 Å². The lowest BCUT2D eigenvalue weighted by Gasteiger charge is -2.12. The van der Waals surface area contributed by atoms with Crippen molar-refractivity contribution < 1.29 is 13.2 Å². The molecule has 0 aliphatic heterocycles. The van der Waals surface area contributed by atoms with Gasteiger partial charge >= 0.3 is 0 Å². The molecule has 3 rings (SSSR count). The number of ether oxygens (including phenoxy) is 1. The Kier molecular flexibility index (Phi) is 5.05. The van der Waals surface area contributed by atoms with Gasteiger partial charge in [0.15, 0.2) is 0 Å². The largest absolute Gasteiger partial charge is 0.492 e. The fourth-order valence-corrected chi connectivity index (χ4v) is 3.58. The van der Waals surface area contributed by atoms with Crippen molar-refractivity contribution >= 4 is 26.6 Å². The molecule has 0 saturated heterocycles. The van der Waals surface area contributed by atoms with Crippen LogP contribution in [0.2, 0.25) is 0 Å². The summed E-state index contributed by atoms with van der Waals surface area (Å²) in [7, 11) is -3.87. The van der Waals surface area contributed by atoms with E-state index in [1.165, 1.54) is 18.2 Å². The van der Waals surface area contributed by atoms with Crippen molar-refractivity contribution in [1.82, 2.24) is 4.98 Å². The van der Waals surface area contributed by atoms with E-state index in [9.17, 15) is 13.7 Å². The minimum Gasteiger partial charge on any atom is -0.492 e. The van der Waals surface area contributed by atoms with Crippen molar-refractivity contribution in [2.75, 3.05) is 11.3 Å². The zero-order valence-corrected chi connectivity index (χ0v) is 15.0. The van der Waals surface area contributed by atoms with E-state index in [1.54, 1.807) is 24.4 Å². The van der Waals surface area contributed by atoms with Gasteiger partial charge in [-0.25, -0.2) is 8.42 Å². The highest BCUT2D eigenvalue weighted by Crippen LogP contribution is 2.26. The van der Waals surface area contributed by atoms with Crippen LogP contribution in [0.1, 0.15) is 18.9 Å². The molecule has 6 nitrogen and oxygen atoms in total. The fourth-order valence-electron chi connectivity index (χ4n) is 2.49. The predicted molar refractivity (Wildman–Crippen MR) is 99.5 cm³/mol. The highest BCUT2D eigenvalue weighted by molar-refractivity contribution is 7.92. The van der Waals surface area contributed by atoms with Gasteiger partial charge in [-0.05, 0) is 36.8 Å². The fraction of sp³-hybridized carbons (Fsp3) is 0.158. The molecule has 0 saturated carbocycles. The lowest BCUT2D eigenvalue weighted by molar-refractivity contribution is 0.316. The second-order valence-electron chi connectivity index (χ2n) is 5.60. The number of fused-ring (bicyclic) bond motifs is 1. The predicted octanol–water partition coefficient (Wildman–Crippen LogP) is 3.70. The Bertz CT molecular complexity index is 1080. The third-order valence-electron chi connectivity index (χ3n) is 3.72. The number of anilines is 1. The molecule has 0 bridgehead atoms. The van der Waals surface area contributed by atoms with E-state index in [0.717, 1.165) is 11.8 Å². The third kappa shape index (κ3) is 3.60. The first-order valence-electron chi connectivity index (χ1n) is 8.08. The van der Waals surface area contributed by atoms with Gasteiger partial charge in [0.2, 0.25) is 0 Å². The molecule has 26 heavy (non-hydrogen) atoms. The zero-order chi connectivity index (χ0) is 18.6. The quantitative estimate of drug-likeness (QED) is 0.717. The smallest absolute Gasteiger partial charge is 0.262 e. The first-order valence-corrected chi connectivity index (χ1v) is 9.57. The molecule has 7 heteroatoms. The molecule has 0 unspecified atom stereocenters. The number of hydrogen-bond acceptors (Lipinski definition) is 5. The van der Waals surface area contributed by atoms with Crippen LogP contribution in [0.4, 0.5) is 5.69 Å². The first kappa shape index (κ1) is 17.7. The van der Waals surface area contributed by atoms with Crippen LogP contribution in [0.15, 0.2) is 59.6 Å². The second-order valence-corrected chi connectivity index (χ2v) is 7.29. The van der Waals surface area contributed by atoms with Crippen molar-refractivity contribution in [3.8, 4) is 11.8 Å². The molecule has 2 aromatic carbocycles. The van der Waals surface area contributed by atoms with Crippen LogP contribution in [0.5, 0.6) is 5.75 Å². The highest BCUT2D eigenvalue weighted by Gasteiger charge is 2.18. The number of nitrogens with zero attached hydrogens (tertiary/aromatic N) is 2. The average Bonchev–Trinajstić information content (AvgIpc) is 2.66. The highest BCUT2D eigenvalue weighted by atomic mass is 32.2. The SMILES string of the molecule is CCCOc1ccc(S(=O)(=O)Nc2cccc3cccnc23)cc1C#N.